The number of ketones is 1. The van der Waals surface area contributed by atoms with E-state index in [1.807, 2.05) is 23.8 Å². The highest BCUT2D eigenvalue weighted by molar-refractivity contribution is 6.46. The number of Topliss-reactive ketones (excluding diaryl/α,β-unsaturated/α-hetero) is 1. The largest absolute Gasteiger partial charge is 0.507 e. The van der Waals surface area contributed by atoms with Crippen LogP contribution in [-0.4, -0.2) is 58.1 Å². The molecule has 2 heterocycles. The van der Waals surface area contributed by atoms with Crippen molar-refractivity contribution >= 4 is 17.4 Å². The molecule has 1 atom stereocenters. The van der Waals surface area contributed by atoms with E-state index in [1.54, 1.807) is 56.0 Å². The van der Waals surface area contributed by atoms with Crippen LogP contribution in [-0.2, 0) is 16.1 Å². The van der Waals surface area contributed by atoms with Gasteiger partial charge in [0.2, 0.25) is 0 Å². The zero-order valence-corrected chi connectivity index (χ0v) is 23.5. The summed E-state index contributed by atoms with van der Waals surface area (Å²) in [4.78, 5) is 32.4. The van der Waals surface area contributed by atoms with Crippen molar-refractivity contribution in [2.45, 2.75) is 46.2 Å². The van der Waals surface area contributed by atoms with Gasteiger partial charge in [0, 0.05) is 31.0 Å². The van der Waals surface area contributed by atoms with E-state index >= 15 is 0 Å². The lowest BCUT2D eigenvalue weighted by Crippen LogP contribution is -2.31. The first-order valence-corrected chi connectivity index (χ1v) is 13.6. The van der Waals surface area contributed by atoms with Crippen LogP contribution in [0.15, 0.2) is 66.8 Å². The van der Waals surface area contributed by atoms with E-state index < -0.39 is 17.7 Å². The molecule has 9 heteroatoms. The standard InChI is InChI=1S/C31H37N3O6/c1-5-39-24-9-6-8-23(18-24)29(35)27-28(22-10-11-25(26(19-22)38-4)40-17-12-21(2)3)34(31(37)30(27)36)15-7-14-33-16-13-32-20-33/h6,8-11,13,16,18-21,28,35H,5,7,12,14-15,17H2,1-4H3/b29-27+. The molecule has 1 aromatic heterocycles. The Bertz CT molecular complexity index is 1350. The number of methoxy groups -OCH3 is 1. The van der Waals surface area contributed by atoms with E-state index in [1.165, 1.54) is 4.90 Å². The molecule has 1 N–H and O–H groups in total. The third-order valence-corrected chi connectivity index (χ3v) is 6.79. The number of imidazole rings is 1. The maximum absolute atomic E-state index is 13.4. The number of aliphatic hydroxyl groups is 1. The summed E-state index contributed by atoms with van der Waals surface area (Å²) < 4.78 is 19.1. The molecule has 0 spiro atoms. The molecule has 0 saturated carbocycles. The van der Waals surface area contributed by atoms with Crippen LogP contribution in [0, 0.1) is 5.92 Å². The Balaban J connectivity index is 1.73. The van der Waals surface area contributed by atoms with Crippen molar-refractivity contribution in [3.8, 4) is 17.2 Å². The number of hydrogen-bond donors (Lipinski definition) is 1. The lowest BCUT2D eigenvalue weighted by Gasteiger charge is -2.26. The highest BCUT2D eigenvalue weighted by Gasteiger charge is 2.46. The normalized spacial score (nSPS) is 16.5. The Hall–Kier alpha value is -4.27. The van der Waals surface area contributed by atoms with Gasteiger partial charge < -0.3 is 28.8 Å². The summed E-state index contributed by atoms with van der Waals surface area (Å²) in [6.45, 7) is 8.04. The topological polar surface area (TPSA) is 103 Å². The summed E-state index contributed by atoms with van der Waals surface area (Å²) in [5, 5.41) is 11.4. The van der Waals surface area contributed by atoms with Crippen LogP contribution in [0.3, 0.4) is 0 Å². The van der Waals surface area contributed by atoms with E-state index in [2.05, 4.69) is 18.8 Å². The van der Waals surface area contributed by atoms with Crippen LogP contribution >= 0.6 is 0 Å². The highest BCUT2D eigenvalue weighted by Crippen LogP contribution is 2.42. The molecule has 1 saturated heterocycles. The number of aliphatic hydroxyl groups excluding tert-OH is 1. The third-order valence-electron chi connectivity index (χ3n) is 6.79. The molecule has 2 aromatic carbocycles. The number of carbonyl (C=O) groups is 2. The van der Waals surface area contributed by atoms with Crippen molar-refractivity contribution < 1.29 is 28.9 Å². The number of rotatable bonds is 13. The van der Waals surface area contributed by atoms with E-state index in [0.717, 1.165) is 6.42 Å². The molecule has 0 aliphatic carbocycles. The highest BCUT2D eigenvalue weighted by atomic mass is 16.5. The fourth-order valence-corrected chi connectivity index (χ4v) is 4.73. The maximum atomic E-state index is 13.4. The number of aryl methyl sites for hydroxylation is 1. The predicted molar refractivity (Wildman–Crippen MR) is 151 cm³/mol. The lowest BCUT2D eigenvalue weighted by molar-refractivity contribution is -0.139. The van der Waals surface area contributed by atoms with Gasteiger partial charge in [0.05, 0.1) is 38.3 Å². The van der Waals surface area contributed by atoms with Gasteiger partial charge in [-0.15, -0.1) is 0 Å². The number of likely N-dealkylation sites (tertiary alicyclic amines) is 1. The summed E-state index contributed by atoms with van der Waals surface area (Å²) in [6, 6.07) is 11.4. The summed E-state index contributed by atoms with van der Waals surface area (Å²) >= 11 is 0. The lowest BCUT2D eigenvalue weighted by atomic mass is 9.95. The van der Waals surface area contributed by atoms with Gasteiger partial charge in [-0.05, 0) is 55.5 Å². The van der Waals surface area contributed by atoms with E-state index in [-0.39, 0.29) is 11.3 Å². The quantitative estimate of drug-likeness (QED) is 0.178. The second kappa shape index (κ2) is 13.2. The molecule has 9 nitrogen and oxygen atoms in total. The van der Waals surface area contributed by atoms with Gasteiger partial charge in [-0.2, -0.15) is 0 Å². The number of nitrogens with zero attached hydrogens (tertiary/aromatic N) is 3. The molecular formula is C31H37N3O6. The number of ether oxygens (including phenoxy) is 3. The third kappa shape index (κ3) is 6.47. The van der Waals surface area contributed by atoms with Crippen LogP contribution in [0.2, 0.25) is 0 Å². The minimum Gasteiger partial charge on any atom is -0.507 e. The molecule has 40 heavy (non-hydrogen) atoms. The fourth-order valence-electron chi connectivity index (χ4n) is 4.73. The second-order valence-corrected chi connectivity index (χ2v) is 10.0. The van der Waals surface area contributed by atoms with Gasteiger partial charge >= 0.3 is 0 Å². The van der Waals surface area contributed by atoms with E-state index in [9.17, 15) is 14.7 Å². The molecule has 4 rings (SSSR count). The summed E-state index contributed by atoms with van der Waals surface area (Å²) in [6.07, 6.45) is 6.73. The van der Waals surface area contributed by atoms with Crippen molar-refractivity contribution in [1.82, 2.24) is 14.5 Å². The molecule has 1 aliphatic rings. The predicted octanol–water partition coefficient (Wildman–Crippen LogP) is 5.23. The Kier molecular flexibility index (Phi) is 9.47. The van der Waals surface area contributed by atoms with Gasteiger partial charge in [0.15, 0.2) is 11.5 Å². The van der Waals surface area contributed by atoms with Crippen LogP contribution < -0.4 is 14.2 Å². The minimum atomic E-state index is -0.808. The van der Waals surface area contributed by atoms with Crippen molar-refractivity contribution in [3.63, 3.8) is 0 Å². The molecule has 0 radical (unpaired) electrons. The minimum absolute atomic E-state index is 0.0248. The number of carbonyl (C=O) groups excluding carboxylic acids is 2. The average molecular weight is 548 g/mol. The van der Waals surface area contributed by atoms with Crippen LogP contribution in [0.5, 0.6) is 17.2 Å². The Morgan fingerprint density at radius 1 is 1.07 bits per heavy atom. The van der Waals surface area contributed by atoms with Gasteiger partial charge in [-0.3, -0.25) is 9.59 Å². The first-order chi connectivity index (χ1) is 19.3. The Labute approximate surface area is 235 Å². The molecule has 1 unspecified atom stereocenters. The monoisotopic (exact) mass is 547 g/mol. The number of benzene rings is 2. The zero-order valence-electron chi connectivity index (χ0n) is 23.5. The van der Waals surface area contributed by atoms with Gasteiger partial charge in [0.25, 0.3) is 11.7 Å². The molecule has 212 valence electrons. The SMILES string of the molecule is CCOc1cccc(/C(O)=C2\C(=O)C(=O)N(CCCn3ccnc3)C2c2ccc(OCCC(C)C)c(OC)c2)c1. The smallest absolute Gasteiger partial charge is 0.295 e. The molecule has 1 fully saturated rings. The zero-order chi connectivity index (χ0) is 28.6. The molecular weight excluding hydrogens is 510 g/mol. The van der Waals surface area contributed by atoms with Crippen molar-refractivity contribution in [2.24, 2.45) is 5.92 Å². The summed E-state index contributed by atoms with van der Waals surface area (Å²) in [7, 11) is 1.55. The van der Waals surface area contributed by atoms with Gasteiger partial charge in [0.1, 0.15) is 11.5 Å². The average Bonchev–Trinajstić information content (AvgIpc) is 3.55. The summed E-state index contributed by atoms with van der Waals surface area (Å²) in [5.41, 5.74) is 1.06. The maximum Gasteiger partial charge on any atom is 0.295 e. The molecule has 0 bridgehead atoms. The first kappa shape index (κ1) is 28.7. The van der Waals surface area contributed by atoms with Crippen LogP contribution in [0.4, 0.5) is 0 Å². The van der Waals surface area contributed by atoms with E-state index in [0.29, 0.717) is 67.0 Å². The molecule has 3 aromatic rings. The van der Waals surface area contributed by atoms with Gasteiger partial charge in [-0.1, -0.05) is 32.0 Å². The van der Waals surface area contributed by atoms with Gasteiger partial charge in [-0.25, -0.2) is 4.98 Å². The van der Waals surface area contributed by atoms with E-state index in [4.69, 9.17) is 14.2 Å². The first-order valence-electron chi connectivity index (χ1n) is 13.6. The number of amides is 1. The summed E-state index contributed by atoms with van der Waals surface area (Å²) in [5.74, 6) is 0.476. The second-order valence-electron chi connectivity index (χ2n) is 10.0. The Morgan fingerprint density at radius 3 is 2.60 bits per heavy atom. The van der Waals surface area contributed by atoms with Crippen molar-refractivity contribution in [2.75, 3.05) is 26.9 Å². The molecule has 1 amide bonds. The Morgan fingerprint density at radius 2 is 1.90 bits per heavy atom. The van der Waals surface area contributed by atoms with Crippen LogP contribution in [0.1, 0.15) is 50.8 Å². The number of aromatic nitrogens is 2. The van der Waals surface area contributed by atoms with Crippen molar-refractivity contribution in [1.29, 1.82) is 0 Å². The fraction of sp³-hybridized carbons (Fsp3) is 0.387. The van der Waals surface area contributed by atoms with Crippen molar-refractivity contribution in [3.05, 3.63) is 77.9 Å². The number of hydrogen-bond acceptors (Lipinski definition) is 7. The van der Waals surface area contributed by atoms with Crippen LogP contribution in [0.25, 0.3) is 5.76 Å². The molecule has 1 aliphatic heterocycles.